The second-order valence-corrected chi connectivity index (χ2v) is 7.36. The molecule has 0 radical (unpaired) electrons. The van der Waals surface area contributed by atoms with Crippen molar-refractivity contribution >= 4 is 34.3 Å². The zero-order valence-corrected chi connectivity index (χ0v) is 15.8. The van der Waals surface area contributed by atoms with Gasteiger partial charge in [0.1, 0.15) is 0 Å². The number of fused-ring (bicyclic) bond motifs is 1. The zero-order valence-electron chi connectivity index (χ0n) is 14.3. The average Bonchev–Trinajstić information content (AvgIpc) is 2.59. The van der Waals surface area contributed by atoms with Crippen LogP contribution in [0.1, 0.15) is 16.7 Å². The number of hydrogen-bond donors (Lipinski definition) is 0. The second kappa shape index (κ2) is 7.46. The molecule has 1 aromatic heterocycles. The summed E-state index contributed by atoms with van der Waals surface area (Å²) < 4.78 is 1.65. The van der Waals surface area contributed by atoms with Crippen molar-refractivity contribution in [1.82, 2.24) is 9.55 Å². The van der Waals surface area contributed by atoms with E-state index in [1.165, 1.54) is 16.7 Å². The number of rotatable bonds is 5. The molecule has 0 aliphatic rings. The van der Waals surface area contributed by atoms with Gasteiger partial charge in [-0.25, -0.2) is 4.98 Å². The Morgan fingerprint density at radius 3 is 2.80 bits per heavy atom. The van der Waals surface area contributed by atoms with Crippen LogP contribution in [0.25, 0.3) is 10.9 Å². The maximum atomic E-state index is 12.8. The van der Waals surface area contributed by atoms with Gasteiger partial charge >= 0.3 is 0 Å². The molecule has 2 aromatic carbocycles. The Morgan fingerprint density at radius 2 is 2.04 bits per heavy atom. The van der Waals surface area contributed by atoms with E-state index in [-0.39, 0.29) is 5.56 Å². The lowest BCUT2D eigenvalue weighted by Crippen LogP contribution is -2.22. The molecule has 0 saturated carbocycles. The summed E-state index contributed by atoms with van der Waals surface area (Å²) in [6.45, 7) is 8.36. The van der Waals surface area contributed by atoms with Gasteiger partial charge in [0.2, 0.25) is 0 Å². The van der Waals surface area contributed by atoms with E-state index in [1.54, 1.807) is 40.6 Å². The van der Waals surface area contributed by atoms with Gasteiger partial charge < -0.3 is 0 Å². The van der Waals surface area contributed by atoms with Crippen LogP contribution in [0.3, 0.4) is 0 Å². The lowest BCUT2D eigenvalue weighted by Gasteiger charge is -2.12. The Balaban J connectivity index is 2.03. The molecule has 128 valence electrons. The van der Waals surface area contributed by atoms with Crippen molar-refractivity contribution in [2.45, 2.75) is 31.3 Å². The molecule has 0 saturated heterocycles. The molecule has 0 fully saturated rings. The third kappa shape index (κ3) is 3.80. The van der Waals surface area contributed by atoms with Crippen molar-refractivity contribution in [3.8, 4) is 0 Å². The molecular formula is C20H19ClN2OS. The molecule has 0 N–H and O–H groups in total. The molecule has 5 heteroatoms. The highest BCUT2D eigenvalue weighted by Gasteiger charge is 2.12. The van der Waals surface area contributed by atoms with Gasteiger partial charge in [0.15, 0.2) is 5.16 Å². The number of benzene rings is 2. The van der Waals surface area contributed by atoms with Crippen molar-refractivity contribution in [3.05, 3.63) is 81.1 Å². The largest absolute Gasteiger partial charge is 0.283 e. The van der Waals surface area contributed by atoms with Gasteiger partial charge in [0, 0.05) is 17.3 Å². The molecule has 3 nitrogen and oxygen atoms in total. The van der Waals surface area contributed by atoms with Gasteiger partial charge in [-0.3, -0.25) is 9.36 Å². The minimum absolute atomic E-state index is 0.0872. The topological polar surface area (TPSA) is 34.9 Å². The normalized spacial score (nSPS) is 11.0. The number of allylic oxidation sites excluding steroid dienone is 1. The van der Waals surface area contributed by atoms with Crippen LogP contribution in [0.2, 0.25) is 5.02 Å². The molecule has 0 bridgehead atoms. The van der Waals surface area contributed by atoms with Crippen LogP contribution in [0.5, 0.6) is 0 Å². The Bertz CT molecular complexity index is 1010. The SMILES string of the molecule is C=CCn1c(SCc2cc(C)ccc2C)nc2ccc(Cl)cc2c1=O. The number of thioether (sulfide) groups is 1. The van der Waals surface area contributed by atoms with Gasteiger partial charge in [-0.05, 0) is 43.2 Å². The first-order valence-corrected chi connectivity index (χ1v) is 9.36. The van der Waals surface area contributed by atoms with Crippen molar-refractivity contribution in [3.63, 3.8) is 0 Å². The van der Waals surface area contributed by atoms with E-state index in [4.69, 9.17) is 11.6 Å². The molecule has 0 unspecified atom stereocenters. The summed E-state index contributed by atoms with van der Waals surface area (Å²) in [5, 5.41) is 1.76. The van der Waals surface area contributed by atoms with Crippen LogP contribution in [-0.2, 0) is 12.3 Å². The molecule has 1 heterocycles. The van der Waals surface area contributed by atoms with E-state index in [1.807, 2.05) is 0 Å². The predicted molar refractivity (Wildman–Crippen MR) is 107 cm³/mol. The van der Waals surface area contributed by atoms with Crippen molar-refractivity contribution < 1.29 is 0 Å². The van der Waals surface area contributed by atoms with Gasteiger partial charge in [0.05, 0.1) is 10.9 Å². The van der Waals surface area contributed by atoms with E-state index < -0.39 is 0 Å². The minimum atomic E-state index is -0.0872. The van der Waals surface area contributed by atoms with Crippen LogP contribution in [0.15, 0.2) is 59.0 Å². The fourth-order valence-corrected chi connectivity index (χ4v) is 3.91. The summed E-state index contributed by atoms with van der Waals surface area (Å²) in [6, 6.07) is 11.6. The zero-order chi connectivity index (χ0) is 18.0. The summed E-state index contributed by atoms with van der Waals surface area (Å²) in [4.78, 5) is 17.5. The first-order chi connectivity index (χ1) is 12.0. The molecule has 0 atom stereocenters. The fraction of sp³-hybridized carbons (Fsp3) is 0.200. The lowest BCUT2D eigenvalue weighted by atomic mass is 10.1. The number of halogens is 1. The first kappa shape index (κ1) is 17.8. The summed E-state index contributed by atoms with van der Waals surface area (Å²) in [5.74, 6) is 0.760. The van der Waals surface area contributed by atoms with Crippen LogP contribution in [0, 0.1) is 13.8 Å². The molecule has 0 aliphatic heterocycles. The number of aromatic nitrogens is 2. The summed E-state index contributed by atoms with van der Waals surface area (Å²) in [6.07, 6.45) is 1.71. The highest BCUT2D eigenvalue weighted by atomic mass is 35.5. The monoisotopic (exact) mass is 370 g/mol. The highest BCUT2D eigenvalue weighted by molar-refractivity contribution is 7.98. The van der Waals surface area contributed by atoms with E-state index in [0.717, 1.165) is 5.75 Å². The van der Waals surface area contributed by atoms with Gasteiger partial charge in [-0.1, -0.05) is 53.2 Å². The lowest BCUT2D eigenvalue weighted by molar-refractivity contribution is 0.671. The van der Waals surface area contributed by atoms with Crippen LogP contribution in [-0.4, -0.2) is 9.55 Å². The van der Waals surface area contributed by atoms with Crippen molar-refractivity contribution in [2.75, 3.05) is 0 Å². The Labute approximate surface area is 156 Å². The molecule has 25 heavy (non-hydrogen) atoms. The number of hydrogen-bond acceptors (Lipinski definition) is 3. The van der Waals surface area contributed by atoms with Crippen LogP contribution < -0.4 is 5.56 Å². The summed E-state index contributed by atoms with van der Waals surface area (Å²) >= 11 is 7.60. The highest BCUT2D eigenvalue weighted by Crippen LogP contribution is 2.25. The minimum Gasteiger partial charge on any atom is -0.283 e. The van der Waals surface area contributed by atoms with Gasteiger partial charge in [-0.2, -0.15) is 0 Å². The standard InChI is InChI=1S/C20H19ClN2OS/c1-4-9-23-19(24)17-11-16(21)7-8-18(17)22-20(23)25-12-15-10-13(2)5-6-14(15)3/h4-8,10-11H,1,9,12H2,2-3H3. The summed E-state index contributed by atoms with van der Waals surface area (Å²) in [5.41, 5.74) is 4.30. The number of nitrogens with zero attached hydrogens (tertiary/aromatic N) is 2. The van der Waals surface area contributed by atoms with E-state index in [0.29, 0.717) is 27.6 Å². The fourth-order valence-electron chi connectivity index (χ4n) is 2.67. The van der Waals surface area contributed by atoms with Crippen LogP contribution in [0.4, 0.5) is 0 Å². The number of aryl methyl sites for hydroxylation is 2. The molecule has 3 rings (SSSR count). The first-order valence-electron chi connectivity index (χ1n) is 7.99. The maximum Gasteiger partial charge on any atom is 0.262 e. The molecule has 3 aromatic rings. The van der Waals surface area contributed by atoms with Crippen LogP contribution >= 0.6 is 23.4 Å². The van der Waals surface area contributed by atoms with E-state index in [9.17, 15) is 4.79 Å². The third-order valence-corrected chi connectivity index (χ3v) is 5.31. The Morgan fingerprint density at radius 1 is 1.24 bits per heavy atom. The third-order valence-electron chi connectivity index (χ3n) is 4.05. The Hall–Kier alpha value is -2.04. The van der Waals surface area contributed by atoms with Gasteiger partial charge in [-0.15, -0.1) is 6.58 Å². The molecule has 0 aliphatic carbocycles. The summed E-state index contributed by atoms with van der Waals surface area (Å²) in [7, 11) is 0. The molecule has 0 spiro atoms. The quantitative estimate of drug-likeness (QED) is 0.354. The molecular weight excluding hydrogens is 352 g/mol. The maximum absolute atomic E-state index is 12.8. The van der Waals surface area contributed by atoms with E-state index in [2.05, 4.69) is 43.6 Å². The average molecular weight is 371 g/mol. The van der Waals surface area contributed by atoms with Crippen molar-refractivity contribution in [1.29, 1.82) is 0 Å². The second-order valence-electron chi connectivity index (χ2n) is 5.98. The predicted octanol–water partition coefficient (Wildman–Crippen LogP) is 5.15. The van der Waals surface area contributed by atoms with Gasteiger partial charge in [0.25, 0.3) is 5.56 Å². The van der Waals surface area contributed by atoms with E-state index >= 15 is 0 Å². The Kier molecular flexibility index (Phi) is 5.30. The smallest absolute Gasteiger partial charge is 0.262 e. The van der Waals surface area contributed by atoms with Crippen molar-refractivity contribution in [2.24, 2.45) is 0 Å². The molecule has 0 amide bonds.